The first-order chi connectivity index (χ1) is 7.25. The van der Waals surface area contributed by atoms with E-state index >= 15 is 0 Å². The van der Waals surface area contributed by atoms with Crippen molar-refractivity contribution in [3.8, 4) is 0 Å². The van der Waals surface area contributed by atoms with Gasteiger partial charge in [0.25, 0.3) is 0 Å². The van der Waals surface area contributed by atoms with Gasteiger partial charge in [0.05, 0.1) is 6.54 Å². The molecule has 0 bridgehead atoms. The van der Waals surface area contributed by atoms with Gasteiger partial charge in [-0.2, -0.15) is 0 Å². The maximum atomic E-state index is 12.9. The second-order valence-corrected chi connectivity index (χ2v) is 3.16. The zero-order valence-electron chi connectivity index (χ0n) is 7.93. The van der Waals surface area contributed by atoms with Crippen LogP contribution in [-0.4, -0.2) is 9.55 Å². The summed E-state index contributed by atoms with van der Waals surface area (Å²) < 4.78 is 14.3. The summed E-state index contributed by atoms with van der Waals surface area (Å²) in [6, 6.07) is 7.82. The van der Waals surface area contributed by atoms with Crippen LogP contribution in [-0.2, 0) is 6.54 Å². The molecular weight excluding hydrogens is 195 g/mol. The molecule has 1 heterocycles. The van der Waals surface area contributed by atoms with E-state index in [0.29, 0.717) is 6.54 Å². The Kier molecular flexibility index (Phi) is 2.58. The molecule has 0 unspecified atom stereocenters. The molecule has 2 aromatic rings. The highest BCUT2D eigenvalue weighted by atomic mass is 19.1. The van der Waals surface area contributed by atoms with E-state index in [-0.39, 0.29) is 11.5 Å². The summed E-state index contributed by atoms with van der Waals surface area (Å²) in [6.07, 6.45) is 3.06. The molecule has 0 fully saturated rings. The number of hydrogen-bond donors (Lipinski definition) is 0. The van der Waals surface area contributed by atoms with Crippen LogP contribution in [0.5, 0.6) is 0 Å². The van der Waals surface area contributed by atoms with E-state index < -0.39 is 0 Å². The van der Waals surface area contributed by atoms with E-state index in [0.717, 1.165) is 5.56 Å². The van der Waals surface area contributed by atoms with Crippen LogP contribution in [0.1, 0.15) is 5.56 Å². The van der Waals surface area contributed by atoms with Crippen molar-refractivity contribution in [1.29, 1.82) is 0 Å². The summed E-state index contributed by atoms with van der Waals surface area (Å²) >= 11 is 0. The predicted molar refractivity (Wildman–Crippen MR) is 54.0 cm³/mol. The molecule has 1 aromatic heterocycles. The summed E-state index contributed by atoms with van der Waals surface area (Å²) in [6.45, 7) is 0.338. The zero-order valence-corrected chi connectivity index (χ0v) is 7.93. The Morgan fingerprint density at radius 3 is 2.93 bits per heavy atom. The van der Waals surface area contributed by atoms with Gasteiger partial charge in [-0.25, -0.2) is 14.2 Å². The third-order valence-electron chi connectivity index (χ3n) is 2.02. The number of nitrogens with zero attached hydrogens (tertiary/aromatic N) is 2. The van der Waals surface area contributed by atoms with Gasteiger partial charge in [-0.3, -0.25) is 4.57 Å². The van der Waals surface area contributed by atoms with Crippen LogP contribution in [0.25, 0.3) is 0 Å². The van der Waals surface area contributed by atoms with Crippen molar-refractivity contribution in [2.45, 2.75) is 6.54 Å². The minimum Gasteiger partial charge on any atom is -0.295 e. The first-order valence-electron chi connectivity index (χ1n) is 4.51. The Balaban J connectivity index is 2.30. The lowest BCUT2D eigenvalue weighted by molar-refractivity contribution is 0.622. The minimum atomic E-state index is -0.332. The summed E-state index contributed by atoms with van der Waals surface area (Å²) in [5.74, 6) is -0.301. The second kappa shape index (κ2) is 4.04. The van der Waals surface area contributed by atoms with Gasteiger partial charge in [-0.05, 0) is 23.8 Å². The maximum Gasteiger partial charge on any atom is 0.347 e. The van der Waals surface area contributed by atoms with Gasteiger partial charge >= 0.3 is 5.69 Å². The van der Waals surface area contributed by atoms with Crippen molar-refractivity contribution >= 4 is 0 Å². The standard InChI is InChI=1S/C11H9FN2O/c12-10-4-1-3-9(7-10)8-14-6-2-5-13-11(14)15/h1-7H,8H2. The SMILES string of the molecule is O=c1ncccn1Cc1cccc(F)c1. The second-order valence-electron chi connectivity index (χ2n) is 3.16. The van der Waals surface area contributed by atoms with E-state index in [1.165, 1.54) is 22.9 Å². The highest BCUT2D eigenvalue weighted by molar-refractivity contribution is 5.16. The first-order valence-corrected chi connectivity index (χ1v) is 4.51. The fraction of sp³-hybridized carbons (Fsp3) is 0.0909. The van der Waals surface area contributed by atoms with E-state index in [9.17, 15) is 9.18 Å². The summed E-state index contributed by atoms with van der Waals surface area (Å²) in [5, 5.41) is 0. The molecule has 0 atom stereocenters. The Morgan fingerprint density at radius 2 is 2.20 bits per heavy atom. The molecule has 0 aliphatic heterocycles. The first kappa shape index (κ1) is 9.58. The Labute approximate surface area is 85.8 Å². The molecule has 1 aromatic carbocycles. The van der Waals surface area contributed by atoms with Crippen molar-refractivity contribution in [3.05, 3.63) is 64.6 Å². The fourth-order valence-electron chi connectivity index (χ4n) is 1.34. The van der Waals surface area contributed by atoms with Crippen LogP contribution in [0.15, 0.2) is 47.5 Å². The average molecular weight is 204 g/mol. The van der Waals surface area contributed by atoms with E-state index in [1.807, 2.05) is 0 Å². The normalized spacial score (nSPS) is 10.2. The van der Waals surface area contributed by atoms with Crippen molar-refractivity contribution in [1.82, 2.24) is 9.55 Å². The van der Waals surface area contributed by atoms with Crippen molar-refractivity contribution in [3.63, 3.8) is 0 Å². The van der Waals surface area contributed by atoms with Gasteiger partial charge in [0.15, 0.2) is 0 Å². The van der Waals surface area contributed by atoms with Gasteiger partial charge in [0, 0.05) is 12.4 Å². The summed E-state index contributed by atoms with van der Waals surface area (Å²) in [5.41, 5.74) is 0.409. The molecule has 0 radical (unpaired) electrons. The predicted octanol–water partition coefficient (Wildman–Crippen LogP) is 1.43. The molecule has 4 heteroatoms. The van der Waals surface area contributed by atoms with Crippen LogP contribution in [0.3, 0.4) is 0 Å². The average Bonchev–Trinajstić information content (AvgIpc) is 2.22. The Bertz CT molecular complexity index is 522. The largest absolute Gasteiger partial charge is 0.347 e. The number of benzene rings is 1. The monoisotopic (exact) mass is 204 g/mol. The highest BCUT2D eigenvalue weighted by Crippen LogP contribution is 2.04. The van der Waals surface area contributed by atoms with Gasteiger partial charge < -0.3 is 0 Å². The van der Waals surface area contributed by atoms with Gasteiger partial charge in [0.2, 0.25) is 0 Å². The summed E-state index contributed by atoms with van der Waals surface area (Å²) in [7, 11) is 0. The zero-order chi connectivity index (χ0) is 10.7. The highest BCUT2D eigenvalue weighted by Gasteiger charge is 1.98. The molecule has 15 heavy (non-hydrogen) atoms. The van der Waals surface area contributed by atoms with Gasteiger partial charge in [-0.1, -0.05) is 12.1 Å². The number of rotatable bonds is 2. The topological polar surface area (TPSA) is 34.9 Å². The number of hydrogen-bond acceptors (Lipinski definition) is 2. The van der Waals surface area contributed by atoms with Crippen molar-refractivity contribution < 1.29 is 4.39 Å². The molecule has 0 aliphatic rings. The van der Waals surface area contributed by atoms with Gasteiger partial charge in [0.1, 0.15) is 5.82 Å². The molecule has 76 valence electrons. The van der Waals surface area contributed by atoms with Crippen LogP contribution in [0.4, 0.5) is 4.39 Å². The van der Waals surface area contributed by atoms with E-state index in [4.69, 9.17) is 0 Å². The lowest BCUT2D eigenvalue weighted by Crippen LogP contribution is -2.21. The number of aromatic nitrogens is 2. The van der Waals surface area contributed by atoms with E-state index in [1.54, 1.807) is 24.4 Å². The van der Waals surface area contributed by atoms with Crippen LogP contribution < -0.4 is 5.69 Å². The molecule has 0 spiro atoms. The molecule has 3 nitrogen and oxygen atoms in total. The quantitative estimate of drug-likeness (QED) is 0.741. The van der Waals surface area contributed by atoms with Crippen molar-refractivity contribution in [2.24, 2.45) is 0 Å². The summed E-state index contributed by atoms with van der Waals surface area (Å²) in [4.78, 5) is 14.9. The Morgan fingerprint density at radius 1 is 1.33 bits per heavy atom. The van der Waals surface area contributed by atoms with E-state index in [2.05, 4.69) is 4.98 Å². The minimum absolute atomic E-state index is 0.301. The lowest BCUT2D eigenvalue weighted by atomic mass is 10.2. The molecule has 0 amide bonds. The molecule has 2 rings (SSSR count). The van der Waals surface area contributed by atoms with Crippen molar-refractivity contribution in [2.75, 3.05) is 0 Å². The third-order valence-corrected chi connectivity index (χ3v) is 2.02. The molecule has 0 saturated carbocycles. The lowest BCUT2D eigenvalue weighted by Gasteiger charge is -2.03. The molecule has 0 saturated heterocycles. The molecule has 0 N–H and O–H groups in total. The molecule has 0 aliphatic carbocycles. The third kappa shape index (κ3) is 2.28. The van der Waals surface area contributed by atoms with Gasteiger partial charge in [-0.15, -0.1) is 0 Å². The molecular formula is C11H9FN2O. The van der Waals surface area contributed by atoms with Crippen LogP contribution >= 0.6 is 0 Å². The smallest absolute Gasteiger partial charge is 0.295 e. The fourth-order valence-corrected chi connectivity index (χ4v) is 1.34. The van der Waals surface area contributed by atoms with Crippen LogP contribution in [0.2, 0.25) is 0 Å². The Hall–Kier alpha value is -1.97. The van der Waals surface area contributed by atoms with Crippen LogP contribution in [0, 0.1) is 5.82 Å². The number of halogens is 1. The maximum absolute atomic E-state index is 12.9.